The molecule has 0 unspecified atom stereocenters. The molecule has 1 N–H and O–H groups in total. The van der Waals surface area contributed by atoms with Crippen molar-refractivity contribution in [3.8, 4) is 0 Å². The fourth-order valence-corrected chi connectivity index (χ4v) is 4.99. The maximum atomic E-state index is 12.7. The maximum Gasteiger partial charge on any atom is 0.416 e. The lowest BCUT2D eigenvalue weighted by Gasteiger charge is -2.36. The molecule has 4 nitrogen and oxygen atoms in total. The van der Waals surface area contributed by atoms with Crippen LogP contribution in [0.3, 0.4) is 0 Å². The standard InChI is InChI=1S/C28H46F3N3OS/c1-4-5-9-20-33(2)21-10-7-6-8-11-22-35-26-18-16-25(17-19-26)34(3)27(36)32-24-14-12-23(13-15-24)28(29,30)31/h12-15,25-26H,4-11,16-22H2,1-3H3,(H,32,36). The lowest BCUT2D eigenvalue weighted by Crippen LogP contribution is -2.42. The normalized spacial score (nSPS) is 18.4. The molecule has 206 valence electrons. The number of alkyl halides is 3. The summed E-state index contributed by atoms with van der Waals surface area (Å²) >= 11 is 5.50. The van der Waals surface area contributed by atoms with Gasteiger partial charge < -0.3 is 19.9 Å². The van der Waals surface area contributed by atoms with Crippen molar-refractivity contribution < 1.29 is 17.9 Å². The van der Waals surface area contributed by atoms with Crippen molar-refractivity contribution in [3.63, 3.8) is 0 Å². The summed E-state index contributed by atoms with van der Waals surface area (Å²) in [5.41, 5.74) is -0.0949. The van der Waals surface area contributed by atoms with E-state index in [1.54, 1.807) is 0 Å². The molecule has 0 saturated heterocycles. The molecule has 8 heteroatoms. The fourth-order valence-electron chi connectivity index (χ4n) is 4.73. The third-order valence-electron chi connectivity index (χ3n) is 7.16. The number of hydrogen-bond donors (Lipinski definition) is 1. The van der Waals surface area contributed by atoms with Crippen LogP contribution in [0.15, 0.2) is 24.3 Å². The minimum atomic E-state index is -4.33. The molecular weight excluding hydrogens is 483 g/mol. The van der Waals surface area contributed by atoms with Crippen LogP contribution in [0.2, 0.25) is 0 Å². The Morgan fingerprint density at radius 3 is 2.11 bits per heavy atom. The number of rotatable bonds is 15. The van der Waals surface area contributed by atoms with Crippen LogP contribution in [0.25, 0.3) is 0 Å². The number of unbranched alkanes of at least 4 members (excludes halogenated alkanes) is 6. The molecule has 1 aromatic carbocycles. The molecule has 1 aliphatic carbocycles. The van der Waals surface area contributed by atoms with E-state index in [2.05, 4.69) is 24.2 Å². The van der Waals surface area contributed by atoms with E-state index in [1.165, 1.54) is 70.2 Å². The van der Waals surface area contributed by atoms with Crippen LogP contribution in [0.5, 0.6) is 0 Å². The van der Waals surface area contributed by atoms with Gasteiger partial charge in [-0.15, -0.1) is 0 Å². The highest BCUT2D eigenvalue weighted by Crippen LogP contribution is 2.30. The van der Waals surface area contributed by atoms with Gasteiger partial charge >= 0.3 is 6.18 Å². The average molecular weight is 530 g/mol. The predicted molar refractivity (Wildman–Crippen MR) is 148 cm³/mol. The summed E-state index contributed by atoms with van der Waals surface area (Å²) in [7, 11) is 4.19. The smallest absolute Gasteiger partial charge is 0.378 e. The Bertz CT molecular complexity index is 737. The van der Waals surface area contributed by atoms with E-state index in [0.717, 1.165) is 50.8 Å². The molecule has 0 bridgehead atoms. The third kappa shape index (κ3) is 11.8. The van der Waals surface area contributed by atoms with Gasteiger partial charge in [-0.1, -0.05) is 39.0 Å². The number of thiocarbonyl (C=S) groups is 1. The summed E-state index contributed by atoms with van der Waals surface area (Å²) in [6.07, 6.45) is 10.2. The van der Waals surface area contributed by atoms with Gasteiger partial charge in [0, 0.05) is 25.4 Å². The number of anilines is 1. The zero-order chi connectivity index (χ0) is 26.4. The lowest BCUT2D eigenvalue weighted by molar-refractivity contribution is -0.137. The first-order valence-electron chi connectivity index (χ1n) is 13.7. The van der Waals surface area contributed by atoms with Crippen molar-refractivity contribution in [1.82, 2.24) is 9.80 Å². The highest BCUT2D eigenvalue weighted by atomic mass is 32.1. The largest absolute Gasteiger partial charge is 0.416 e. The molecule has 0 aliphatic heterocycles. The first-order valence-corrected chi connectivity index (χ1v) is 14.1. The summed E-state index contributed by atoms with van der Waals surface area (Å²) in [6, 6.07) is 5.30. The number of ether oxygens (including phenoxy) is 1. The maximum absolute atomic E-state index is 12.7. The van der Waals surface area contributed by atoms with Gasteiger partial charge in [-0.25, -0.2) is 0 Å². The van der Waals surface area contributed by atoms with Crippen LogP contribution < -0.4 is 5.32 Å². The van der Waals surface area contributed by atoms with Crippen molar-refractivity contribution in [2.75, 3.05) is 39.1 Å². The molecule has 0 aromatic heterocycles. The van der Waals surface area contributed by atoms with Gasteiger partial charge in [0.05, 0.1) is 11.7 Å². The molecule has 1 saturated carbocycles. The molecule has 36 heavy (non-hydrogen) atoms. The first-order chi connectivity index (χ1) is 17.2. The van der Waals surface area contributed by atoms with Crippen LogP contribution in [0.4, 0.5) is 18.9 Å². The molecule has 1 aromatic rings. The minimum absolute atomic E-state index is 0.319. The summed E-state index contributed by atoms with van der Waals surface area (Å²) in [5.74, 6) is 0. The van der Waals surface area contributed by atoms with E-state index in [0.29, 0.717) is 22.9 Å². The number of nitrogens with zero attached hydrogens (tertiary/aromatic N) is 2. The minimum Gasteiger partial charge on any atom is -0.378 e. The quantitative estimate of drug-likeness (QED) is 0.185. The average Bonchev–Trinajstić information content (AvgIpc) is 2.85. The number of hydrogen-bond acceptors (Lipinski definition) is 3. The van der Waals surface area contributed by atoms with Gasteiger partial charge in [0.25, 0.3) is 0 Å². The van der Waals surface area contributed by atoms with Crippen molar-refractivity contribution in [2.24, 2.45) is 0 Å². The highest BCUT2D eigenvalue weighted by Gasteiger charge is 2.30. The molecule has 0 atom stereocenters. The Morgan fingerprint density at radius 2 is 1.50 bits per heavy atom. The Hall–Kier alpha value is -1.38. The predicted octanol–water partition coefficient (Wildman–Crippen LogP) is 7.73. The van der Waals surface area contributed by atoms with Crippen LogP contribution in [-0.2, 0) is 10.9 Å². The van der Waals surface area contributed by atoms with Crippen molar-refractivity contribution >= 4 is 23.0 Å². The zero-order valence-electron chi connectivity index (χ0n) is 22.4. The molecule has 0 radical (unpaired) electrons. The summed E-state index contributed by atoms with van der Waals surface area (Å²) < 4.78 is 44.4. The van der Waals surface area contributed by atoms with E-state index >= 15 is 0 Å². The molecule has 1 fully saturated rings. The Morgan fingerprint density at radius 1 is 0.917 bits per heavy atom. The Kier molecular flexibility index (Phi) is 14.1. The van der Waals surface area contributed by atoms with Crippen LogP contribution in [-0.4, -0.2) is 60.8 Å². The lowest BCUT2D eigenvalue weighted by atomic mass is 9.92. The van der Waals surface area contributed by atoms with Gasteiger partial charge in [-0.2, -0.15) is 13.2 Å². The third-order valence-corrected chi connectivity index (χ3v) is 7.55. The zero-order valence-corrected chi connectivity index (χ0v) is 23.2. The van der Waals surface area contributed by atoms with Gasteiger partial charge in [0.15, 0.2) is 5.11 Å². The molecule has 1 aliphatic rings. The van der Waals surface area contributed by atoms with Crippen LogP contribution in [0.1, 0.15) is 89.5 Å². The van der Waals surface area contributed by atoms with Crippen LogP contribution in [0, 0.1) is 0 Å². The molecule has 0 heterocycles. The van der Waals surface area contributed by atoms with Crippen molar-refractivity contribution in [2.45, 2.75) is 102 Å². The van der Waals surface area contributed by atoms with Gasteiger partial charge in [-0.05, 0) is 102 Å². The first kappa shape index (κ1) is 30.8. The summed E-state index contributed by atoms with van der Waals surface area (Å²) in [4.78, 5) is 4.49. The molecule has 0 amide bonds. The second-order valence-corrected chi connectivity index (χ2v) is 10.6. The fraction of sp³-hybridized carbons (Fsp3) is 0.750. The highest BCUT2D eigenvalue weighted by molar-refractivity contribution is 7.80. The van der Waals surface area contributed by atoms with Gasteiger partial charge in [0.2, 0.25) is 0 Å². The van der Waals surface area contributed by atoms with Crippen molar-refractivity contribution in [1.29, 1.82) is 0 Å². The number of benzene rings is 1. The van der Waals surface area contributed by atoms with E-state index in [4.69, 9.17) is 17.0 Å². The van der Waals surface area contributed by atoms with E-state index < -0.39 is 11.7 Å². The summed E-state index contributed by atoms with van der Waals surface area (Å²) in [5, 5.41) is 3.60. The van der Waals surface area contributed by atoms with E-state index in [1.807, 2.05) is 11.9 Å². The molecule has 0 spiro atoms. The SMILES string of the molecule is CCCCCN(C)CCCCCCCOC1CCC(N(C)C(=S)Nc2ccc(C(F)(F)F)cc2)CC1. The van der Waals surface area contributed by atoms with Gasteiger partial charge in [0.1, 0.15) is 0 Å². The van der Waals surface area contributed by atoms with E-state index in [9.17, 15) is 13.2 Å². The number of nitrogens with one attached hydrogen (secondary N) is 1. The number of halogens is 3. The van der Waals surface area contributed by atoms with E-state index in [-0.39, 0.29) is 0 Å². The second kappa shape index (κ2) is 16.5. The molecular formula is C28H46F3N3OS. The Labute approximate surface area is 221 Å². The monoisotopic (exact) mass is 529 g/mol. The summed E-state index contributed by atoms with van der Waals surface area (Å²) in [6.45, 7) is 5.53. The Balaban J connectivity index is 1.53. The molecule has 2 rings (SSSR count). The van der Waals surface area contributed by atoms with Gasteiger partial charge in [-0.3, -0.25) is 0 Å². The second-order valence-electron chi connectivity index (χ2n) is 10.2. The van der Waals surface area contributed by atoms with Crippen LogP contribution >= 0.6 is 12.2 Å². The van der Waals surface area contributed by atoms with Crippen molar-refractivity contribution in [3.05, 3.63) is 29.8 Å². The topological polar surface area (TPSA) is 27.7 Å².